The van der Waals surface area contributed by atoms with E-state index in [0.29, 0.717) is 34.6 Å². The molecule has 2 aromatic carbocycles. The van der Waals surface area contributed by atoms with Crippen molar-refractivity contribution in [3.63, 3.8) is 0 Å². The molecule has 0 saturated heterocycles. The molecule has 15 heteroatoms. The van der Waals surface area contributed by atoms with Crippen molar-refractivity contribution in [1.29, 1.82) is 0 Å². The maximum atomic E-state index is 11.9. The van der Waals surface area contributed by atoms with Crippen molar-refractivity contribution < 1.29 is 69.0 Å². The van der Waals surface area contributed by atoms with Crippen LogP contribution in [0.15, 0.2) is 24.3 Å². The van der Waals surface area contributed by atoms with Crippen LogP contribution in [0.25, 0.3) is 22.8 Å². The molecule has 2 aliphatic carbocycles. The fraction of sp³-hybridized carbons (Fsp3) is 0.400. The number of esters is 1. The molecule has 0 atom stereocenters. The SMILES string of the molecule is CO.COC(=O)c1cc(-c2nc(OC)n[nH]2)c(C2CC2)cc1C.COc1n[nH]c(-c2cc(C(=O)O)c(C)cc2C2CC2)n1.[Na+].[OH-]. The average Bonchev–Trinajstić information content (AvgIpc) is 3.95. The zero-order chi connectivity index (χ0) is 31.3. The molecule has 2 fully saturated rings. The minimum absolute atomic E-state index is 0. The number of aromatic amines is 2. The average molecular weight is 633 g/mol. The van der Waals surface area contributed by atoms with Crippen LogP contribution in [0.5, 0.6) is 12.0 Å². The Morgan fingerprint density at radius 1 is 0.756 bits per heavy atom. The van der Waals surface area contributed by atoms with Gasteiger partial charge in [-0.1, -0.05) is 12.1 Å². The normalized spacial score (nSPS) is 13.0. The van der Waals surface area contributed by atoms with Gasteiger partial charge in [0.05, 0.1) is 32.5 Å². The number of rotatable bonds is 8. The van der Waals surface area contributed by atoms with Crippen molar-refractivity contribution in [2.75, 3.05) is 28.4 Å². The third-order valence-corrected chi connectivity index (χ3v) is 7.27. The zero-order valence-electron chi connectivity index (χ0n) is 26.5. The Kier molecular flexibility index (Phi) is 13.7. The Balaban J connectivity index is 0.000000285. The summed E-state index contributed by atoms with van der Waals surface area (Å²) in [5, 5.41) is 29.8. The molecule has 236 valence electrons. The molecule has 14 nitrogen and oxygen atoms in total. The standard InChI is InChI=1S/C15H17N3O3.C14H15N3O3.CH4O.Na.H2O/c1-8-6-11(9-4-5-9)12(7-10(8)14(19)20-2)13-16-15(21-3)18-17-13;1-7-5-10(8-3-4-8)11(6-9(7)13(18)19)12-15-14(20-2)17-16-12;1-2;;/h6-7,9H,4-5H2,1-3H3,(H,16,17,18);5-6,8H,3-4H2,1-2H3,(H,18,19)(H,15,16,17);2H,1H3;;1H2/q;;;+1;/p-1. The summed E-state index contributed by atoms with van der Waals surface area (Å²) in [6.45, 7) is 3.74. The first kappa shape index (κ1) is 37.4. The zero-order valence-corrected chi connectivity index (χ0v) is 28.5. The van der Waals surface area contributed by atoms with E-state index in [1.807, 2.05) is 32.0 Å². The van der Waals surface area contributed by atoms with E-state index in [-0.39, 0.29) is 53.0 Å². The van der Waals surface area contributed by atoms with Gasteiger partial charge in [0.25, 0.3) is 0 Å². The molecule has 45 heavy (non-hydrogen) atoms. The van der Waals surface area contributed by atoms with Crippen molar-refractivity contribution in [2.24, 2.45) is 0 Å². The minimum Gasteiger partial charge on any atom is -0.870 e. The van der Waals surface area contributed by atoms with Crippen molar-refractivity contribution in [3.05, 3.63) is 57.6 Å². The Morgan fingerprint density at radius 2 is 1.16 bits per heavy atom. The number of methoxy groups -OCH3 is 3. The number of carboxylic acid groups (broad SMARTS) is 1. The summed E-state index contributed by atoms with van der Waals surface area (Å²) in [5.74, 6) is 0.898. The summed E-state index contributed by atoms with van der Waals surface area (Å²) >= 11 is 0. The number of aromatic carboxylic acids is 1. The molecule has 2 aliphatic rings. The van der Waals surface area contributed by atoms with Crippen LogP contribution in [0.3, 0.4) is 0 Å². The first-order valence-electron chi connectivity index (χ1n) is 13.7. The summed E-state index contributed by atoms with van der Waals surface area (Å²) in [4.78, 5) is 31.7. The monoisotopic (exact) mass is 632 g/mol. The van der Waals surface area contributed by atoms with Crippen molar-refractivity contribution >= 4 is 11.9 Å². The van der Waals surface area contributed by atoms with Gasteiger partial charge >= 0.3 is 53.5 Å². The van der Waals surface area contributed by atoms with Gasteiger partial charge < -0.3 is 29.9 Å². The largest absolute Gasteiger partial charge is 1.00 e. The molecular weight excluding hydrogens is 595 g/mol. The van der Waals surface area contributed by atoms with E-state index >= 15 is 0 Å². The maximum Gasteiger partial charge on any atom is 1.00 e. The smallest absolute Gasteiger partial charge is 0.870 e. The number of ether oxygens (including phenoxy) is 3. The van der Waals surface area contributed by atoms with Crippen LogP contribution in [-0.4, -0.2) is 86.4 Å². The summed E-state index contributed by atoms with van der Waals surface area (Å²) in [6, 6.07) is 8.03. The number of carbonyl (C=O) groups excluding carboxylic acids is 1. The van der Waals surface area contributed by atoms with E-state index in [2.05, 4.69) is 30.4 Å². The van der Waals surface area contributed by atoms with E-state index in [0.717, 1.165) is 60.6 Å². The Labute approximate surface area is 282 Å². The Hall–Kier alpha value is -3.82. The fourth-order valence-electron chi connectivity index (χ4n) is 4.81. The maximum absolute atomic E-state index is 11.9. The van der Waals surface area contributed by atoms with Gasteiger partial charge in [-0.15, -0.1) is 10.2 Å². The molecule has 0 bridgehead atoms. The predicted molar refractivity (Wildman–Crippen MR) is 159 cm³/mol. The summed E-state index contributed by atoms with van der Waals surface area (Å²) in [5.41, 5.74) is 6.54. The van der Waals surface area contributed by atoms with Crippen molar-refractivity contribution in [2.45, 2.75) is 51.4 Å². The van der Waals surface area contributed by atoms with Gasteiger partial charge in [-0.2, -0.15) is 9.97 Å². The first-order chi connectivity index (χ1) is 20.7. The van der Waals surface area contributed by atoms with Gasteiger partial charge in [0.15, 0.2) is 11.6 Å². The van der Waals surface area contributed by atoms with Crippen LogP contribution in [-0.2, 0) is 4.74 Å². The number of carbonyl (C=O) groups is 2. The van der Waals surface area contributed by atoms with E-state index in [4.69, 9.17) is 19.3 Å². The number of aryl methyl sites for hydroxylation is 2. The molecule has 0 aliphatic heterocycles. The van der Waals surface area contributed by atoms with Gasteiger partial charge in [-0.3, -0.25) is 10.2 Å². The molecular formula is C30H37N6NaO8. The van der Waals surface area contributed by atoms with Gasteiger partial charge in [-0.05, 0) is 85.8 Å². The first-order valence-corrected chi connectivity index (χ1v) is 13.7. The van der Waals surface area contributed by atoms with Crippen LogP contribution in [0, 0.1) is 13.8 Å². The molecule has 0 spiro atoms. The van der Waals surface area contributed by atoms with Crippen molar-refractivity contribution in [1.82, 2.24) is 30.4 Å². The van der Waals surface area contributed by atoms with Gasteiger partial charge in [0.1, 0.15) is 0 Å². The molecule has 4 aromatic rings. The number of nitrogens with zero attached hydrogens (tertiary/aromatic N) is 4. The van der Waals surface area contributed by atoms with Gasteiger partial charge in [-0.25, -0.2) is 9.59 Å². The molecule has 2 heterocycles. The topological polar surface area (TPSA) is 215 Å². The number of aromatic nitrogens is 6. The van der Waals surface area contributed by atoms with E-state index in [9.17, 15) is 14.7 Å². The van der Waals surface area contributed by atoms with Crippen LogP contribution in [0.1, 0.15) is 80.5 Å². The number of H-pyrrole nitrogens is 2. The Morgan fingerprint density at radius 3 is 1.49 bits per heavy atom. The molecule has 0 radical (unpaired) electrons. The fourth-order valence-corrected chi connectivity index (χ4v) is 4.81. The molecule has 2 saturated carbocycles. The number of hydrogen-bond acceptors (Lipinski definition) is 11. The number of aliphatic hydroxyl groups excluding tert-OH is 1. The van der Waals surface area contributed by atoms with E-state index < -0.39 is 5.97 Å². The number of nitrogens with one attached hydrogen (secondary N) is 2. The van der Waals surface area contributed by atoms with E-state index in [1.54, 1.807) is 6.07 Å². The van der Waals surface area contributed by atoms with Crippen LogP contribution < -0.4 is 39.0 Å². The summed E-state index contributed by atoms with van der Waals surface area (Å²) < 4.78 is 14.8. The van der Waals surface area contributed by atoms with Crippen LogP contribution in [0.2, 0.25) is 0 Å². The molecule has 0 amide bonds. The van der Waals surface area contributed by atoms with Crippen LogP contribution >= 0.6 is 0 Å². The predicted octanol–water partition coefficient (Wildman–Crippen LogP) is 1.25. The molecule has 5 N–H and O–H groups in total. The number of benzene rings is 2. The van der Waals surface area contributed by atoms with Gasteiger partial charge in [0, 0.05) is 18.2 Å². The Bertz CT molecular complexity index is 1610. The second kappa shape index (κ2) is 16.5. The third-order valence-electron chi connectivity index (χ3n) is 7.27. The number of hydrogen-bond donors (Lipinski definition) is 4. The van der Waals surface area contributed by atoms with Crippen molar-refractivity contribution in [3.8, 4) is 34.8 Å². The summed E-state index contributed by atoms with van der Waals surface area (Å²) in [7, 11) is 5.39. The third kappa shape index (κ3) is 8.67. The number of aliphatic hydroxyl groups is 1. The molecule has 6 rings (SSSR count). The van der Waals surface area contributed by atoms with E-state index in [1.165, 1.54) is 26.9 Å². The second-order valence-corrected chi connectivity index (χ2v) is 10.2. The van der Waals surface area contributed by atoms with Crippen LogP contribution in [0.4, 0.5) is 0 Å². The minimum atomic E-state index is -0.933. The molecule has 2 aromatic heterocycles. The van der Waals surface area contributed by atoms with Gasteiger partial charge in [0.2, 0.25) is 0 Å². The quantitative estimate of drug-likeness (QED) is 0.160. The summed E-state index contributed by atoms with van der Waals surface area (Å²) in [6.07, 6.45) is 4.58. The number of carboxylic acids is 1. The molecule has 0 unspecified atom stereocenters. The second-order valence-electron chi connectivity index (χ2n) is 10.2.